The van der Waals surface area contributed by atoms with Crippen LogP contribution in [0.4, 0.5) is 5.82 Å². The van der Waals surface area contributed by atoms with E-state index >= 15 is 0 Å². The summed E-state index contributed by atoms with van der Waals surface area (Å²) in [5.41, 5.74) is 0.489. The molecule has 0 atom stereocenters. The summed E-state index contributed by atoms with van der Waals surface area (Å²) >= 11 is 6.14. The van der Waals surface area contributed by atoms with Gasteiger partial charge in [-0.1, -0.05) is 11.6 Å². The molecular formula is C15H20ClN3O3. The molecule has 2 N–H and O–H groups in total. The summed E-state index contributed by atoms with van der Waals surface area (Å²) in [5.74, 6) is -0.392. The maximum absolute atomic E-state index is 12.3. The Balaban J connectivity index is 1.93. The summed E-state index contributed by atoms with van der Waals surface area (Å²) in [6.07, 6.45) is 5.34. The Morgan fingerprint density at radius 2 is 2.05 bits per heavy atom. The first kappa shape index (κ1) is 16.5. The molecule has 1 fully saturated rings. The van der Waals surface area contributed by atoms with Crippen LogP contribution in [0.5, 0.6) is 0 Å². The van der Waals surface area contributed by atoms with E-state index in [1.165, 1.54) is 12.6 Å². The van der Waals surface area contributed by atoms with E-state index in [2.05, 4.69) is 10.3 Å². The molecule has 1 aromatic rings. The zero-order chi connectivity index (χ0) is 15.9. The lowest BCUT2D eigenvalue weighted by Gasteiger charge is -2.26. The number of likely N-dealkylation sites (tertiary alicyclic amines) is 1. The molecule has 2 rings (SSSR count). The largest absolute Gasteiger partial charge is 0.481 e. The third-order valence-corrected chi connectivity index (χ3v) is 3.88. The van der Waals surface area contributed by atoms with Gasteiger partial charge in [0.1, 0.15) is 5.82 Å². The fourth-order valence-electron chi connectivity index (χ4n) is 2.41. The predicted octanol–water partition coefficient (Wildman–Crippen LogP) is 2.64. The lowest BCUT2D eigenvalue weighted by molar-refractivity contribution is -0.137. The van der Waals surface area contributed by atoms with E-state index in [9.17, 15) is 9.59 Å². The smallest absolute Gasteiger partial charge is 0.303 e. The first-order valence-electron chi connectivity index (χ1n) is 7.48. The predicted molar refractivity (Wildman–Crippen MR) is 84.4 cm³/mol. The van der Waals surface area contributed by atoms with Crippen molar-refractivity contribution >= 4 is 29.3 Å². The molecule has 0 bridgehead atoms. The van der Waals surface area contributed by atoms with Crippen LogP contribution < -0.4 is 5.32 Å². The van der Waals surface area contributed by atoms with E-state index in [0.29, 0.717) is 29.4 Å². The van der Waals surface area contributed by atoms with Crippen LogP contribution in [0, 0.1) is 0 Å². The monoisotopic (exact) mass is 325 g/mol. The van der Waals surface area contributed by atoms with Crippen molar-refractivity contribution in [1.82, 2.24) is 9.88 Å². The normalized spacial score (nSPS) is 14.7. The van der Waals surface area contributed by atoms with Crippen LogP contribution in [0.2, 0.25) is 5.02 Å². The van der Waals surface area contributed by atoms with E-state index < -0.39 is 5.97 Å². The molecule has 0 saturated carbocycles. The Bertz CT molecular complexity index is 545. The zero-order valence-corrected chi connectivity index (χ0v) is 13.1. The lowest BCUT2D eigenvalue weighted by Crippen LogP contribution is -2.35. The van der Waals surface area contributed by atoms with Gasteiger partial charge in [-0.15, -0.1) is 0 Å². The number of aromatic nitrogens is 1. The summed E-state index contributed by atoms with van der Waals surface area (Å²) < 4.78 is 0. The van der Waals surface area contributed by atoms with Crippen LogP contribution in [0.1, 0.15) is 42.5 Å². The molecule has 1 saturated heterocycles. The molecule has 1 aliphatic rings. The van der Waals surface area contributed by atoms with Gasteiger partial charge in [-0.05, 0) is 31.7 Å². The number of carbonyl (C=O) groups excluding carboxylic acids is 1. The van der Waals surface area contributed by atoms with Crippen LogP contribution in [-0.4, -0.2) is 46.5 Å². The minimum Gasteiger partial charge on any atom is -0.481 e. The van der Waals surface area contributed by atoms with Crippen molar-refractivity contribution in [3.63, 3.8) is 0 Å². The molecular weight excluding hydrogens is 306 g/mol. The van der Waals surface area contributed by atoms with E-state index in [4.69, 9.17) is 16.7 Å². The SMILES string of the molecule is O=C(O)CCCNc1ncc(C(=O)N2CCCCC2)cc1Cl. The summed E-state index contributed by atoms with van der Waals surface area (Å²) in [5, 5.41) is 11.9. The van der Waals surface area contributed by atoms with Crippen molar-refractivity contribution in [2.45, 2.75) is 32.1 Å². The minimum absolute atomic E-state index is 0.0356. The number of piperidine rings is 1. The summed E-state index contributed by atoms with van der Waals surface area (Å²) in [6, 6.07) is 1.62. The Kier molecular flexibility index (Phi) is 6.00. The van der Waals surface area contributed by atoms with Gasteiger partial charge in [0.25, 0.3) is 5.91 Å². The zero-order valence-electron chi connectivity index (χ0n) is 12.3. The van der Waals surface area contributed by atoms with Crippen LogP contribution >= 0.6 is 11.6 Å². The Hall–Kier alpha value is -1.82. The van der Waals surface area contributed by atoms with Gasteiger partial charge in [0, 0.05) is 32.3 Å². The molecule has 2 heterocycles. The number of carboxylic acid groups (broad SMARTS) is 1. The number of anilines is 1. The maximum Gasteiger partial charge on any atom is 0.303 e. The average Bonchev–Trinajstić information content (AvgIpc) is 2.52. The number of carboxylic acids is 1. The second-order valence-electron chi connectivity index (χ2n) is 5.33. The van der Waals surface area contributed by atoms with Gasteiger partial charge in [-0.2, -0.15) is 0 Å². The first-order chi connectivity index (χ1) is 10.6. The highest BCUT2D eigenvalue weighted by Gasteiger charge is 2.19. The number of hydrogen-bond donors (Lipinski definition) is 2. The topological polar surface area (TPSA) is 82.5 Å². The Morgan fingerprint density at radius 1 is 1.32 bits per heavy atom. The number of pyridine rings is 1. The van der Waals surface area contributed by atoms with Crippen molar-refractivity contribution in [3.8, 4) is 0 Å². The van der Waals surface area contributed by atoms with E-state index in [1.54, 1.807) is 6.07 Å². The van der Waals surface area contributed by atoms with Crippen molar-refractivity contribution in [1.29, 1.82) is 0 Å². The second-order valence-corrected chi connectivity index (χ2v) is 5.74. The minimum atomic E-state index is -0.830. The second kappa shape index (κ2) is 7.98. The third-order valence-electron chi connectivity index (χ3n) is 3.59. The highest BCUT2D eigenvalue weighted by Crippen LogP contribution is 2.22. The van der Waals surface area contributed by atoms with Gasteiger partial charge in [0.05, 0.1) is 10.6 Å². The lowest BCUT2D eigenvalue weighted by atomic mass is 10.1. The summed E-state index contributed by atoms with van der Waals surface area (Å²) in [6.45, 7) is 2.04. The quantitative estimate of drug-likeness (QED) is 0.786. The van der Waals surface area contributed by atoms with Gasteiger partial charge in [-0.25, -0.2) is 4.98 Å². The molecule has 1 amide bonds. The van der Waals surface area contributed by atoms with E-state index in [-0.39, 0.29) is 12.3 Å². The number of aliphatic carboxylic acids is 1. The molecule has 0 unspecified atom stereocenters. The number of hydrogen-bond acceptors (Lipinski definition) is 4. The summed E-state index contributed by atoms with van der Waals surface area (Å²) in [7, 11) is 0. The first-order valence-corrected chi connectivity index (χ1v) is 7.86. The molecule has 6 nitrogen and oxygen atoms in total. The van der Waals surface area contributed by atoms with Crippen LogP contribution in [-0.2, 0) is 4.79 Å². The van der Waals surface area contributed by atoms with Crippen molar-refractivity contribution in [2.75, 3.05) is 25.0 Å². The van der Waals surface area contributed by atoms with Gasteiger partial charge in [0.2, 0.25) is 0 Å². The molecule has 0 spiro atoms. The van der Waals surface area contributed by atoms with Gasteiger partial charge in [0.15, 0.2) is 0 Å². The molecule has 0 aromatic carbocycles. The molecule has 22 heavy (non-hydrogen) atoms. The van der Waals surface area contributed by atoms with Gasteiger partial charge < -0.3 is 15.3 Å². The fraction of sp³-hybridized carbons (Fsp3) is 0.533. The summed E-state index contributed by atoms with van der Waals surface area (Å²) in [4.78, 5) is 28.8. The number of nitrogens with one attached hydrogen (secondary N) is 1. The molecule has 0 aliphatic carbocycles. The van der Waals surface area contributed by atoms with E-state index in [1.807, 2.05) is 4.90 Å². The number of amides is 1. The van der Waals surface area contributed by atoms with Gasteiger partial charge in [-0.3, -0.25) is 9.59 Å². The van der Waals surface area contributed by atoms with Gasteiger partial charge >= 0.3 is 5.97 Å². The molecule has 0 radical (unpaired) electrons. The van der Waals surface area contributed by atoms with Crippen LogP contribution in [0.3, 0.4) is 0 Å². The number of nitrogens with zero attached hydrogens (tertiary/aromatic N) is 2. The van der Waals surface area contributed by atoms with Crippen LogP contribution in [0.15, 0.2) is 12.3 Å². The highest BCUT2D eigenvalue weighted by molar-refractivity contribution is 6.33. The van der Waals surface area contributed by atoms with Crippen molar-refractivity contribution in [3.05, 3.63) is 22.8 Å². The Morgan fingerprint density at radius 3 is 2.68 bits per heavy atom. The Labute approximate surface area is 134 Å². The maximum atomic E-state index is 12.3. The molecule has 7 heteroatoms. The van der Waals surface area contributed by atoms with E-state index in [0.717, 1.165) is 25.9 Å². The fourth-order valence-corrected chi connectivity index (χ4v) is 2.64. The molecule has 1 aliphatic heterocycles. The highest BCUT2D eigenvalue weighted by atomic mass is 35.5. The third kappa shape index (κ3) is 4.59. The molecule has 120 valence electrons. The number of carbonyl (C=O) groups is 2. The number of rotatable bonds is 6. The van der Waals surface area contributed by atoms with Crippen molar-refractivity contribution < 1.29 is 14.7 Å². The molecule has 1 aromatic heterocycles. The average molecular weight is 326 g/mol. The standard InChI is InChI=1S/C15H20ClN3O3/c16-12-9-11(15(22)19-7-2-1-3-8-19)10-18-14(12)17-6-4-5-13(20)21/h9-10H,1-8H2,(H,17,18)(H,20,21). The van der Waals surface area contributed by atoms with Crippen LogP contribution in [0.25, 0.3) is 0 Å². The number of halogens is 1. The van der Waals surface area contributed by atoms with Crippen molar-refractivity contribution in [2.24, 2.45) is 0 Å².